The minimum absolute atomic E-state index is 0.0298. The van der Waals surface area contributed by atoms with Crippen molar-refractivity contribution in [2.24, 2.45) is 5.14 Å². The van der Waals surface area contributed by atoms with Crippen molar-refractivity contribution >= 4 is 38.2 Å². The van der Waals surface area contributed by atoms with E-state index in [9.17, 15) is 18.3 Å². The van der Waals surface area contributed by atoms with Crippen LogP contribution in [-0.2, 0) is 10.0 Å². The third-order valence-electron chi connectivity index (χ3n) is 3.59. The first-order valence-electron chi connectivity index (χ1n) is 7.26. The Hall–Kier alpha value is -3.10. The van der Waals surface area contributed by atoms with E-state index in [1.165, 1.54) is 24.3 Å². The second-order valence-corrected chi connectivity index (χ2v) is 6.89. The van der Waals surface area contributed by atoms with Crippen LogP contribution >= 0.6 is 0 Å². The number of carbonyl (C=O) groups excluding carboxylic acids is 1. The highest BCUT2D eigenvalue weighted by Crippen LogP contribution is 2.32. The number of anilines is 2. The zero-order valence-corrected chi connectivity index (χ0v) is 13.7. The Bertz CT molecular complexity index is 1050. The molecule has 0 fully saturated rings. The number of carbonyl (C=O) groups is 1. The van der Waals surface area contributed by atoms with Gasteiger partial charge in [-0.15, -0.1) is 0 Å². The van der Waals surface area contributed by atoms with E-state index in [-0.39, 0.29) is 16.3 Å². The summed E-state index contributed by atoms with van der Waals surface area (Å²) in [6.07, 6.45) is 0. The van der Waals surface area contributed by atoms with Crippen LogP contribution in [0.3, 0.4) is 0 Å². The van der Waals surface area contributed by atoms with Gasteiger partial charge in [0.2, 0.25) is 10.0 Å². The Morgan fingerprint density at radius 1 is 0.920 bits per heavy atom. The zero-order valence-electron chi connectivity index (χ0n) is 12.9. The molecule has 0 aliphatic carbocycles. The second-order valence-electron chi connectivity index (χ2n) is 5.33. The minimum Gasteiger partial charge on any atom is -0.505 e. The van der Waals surface area contributed by atoms with E-state index < -0.39 is 16.1 Å². The summed E-state index contributed by atoms with van der Waals surface area (Å²) in [6.45, 7) is 0. The molecule has 3 aromatic rings. The van der Waals surface area contributed by atoms with E-state index in [0.717, 1.165) is 5.39 Å². The standard InChI is InChI=1S/C17H15N3O4S/c18-25(23,24)13-8-6-12(7-9-13)19-17(22)20-15-10-5-11-3-1-2-4-14(11)16(15)21/h1-10,21H,(H2,18,23,24)(H2,19,20,22). The summed E-state index contributed by atoms with van der Waals surface area (Å²) in [6, 6.07) is 15.5. The van der Waals surface area contributed by atoms with Crippen molar-refractivity contribution in [3.05, 3.63) is 60.7 Å². The number of amides is 2. The number of nitrogens with two attached hydrogens (primary N) is 1. The Kier molecular flexibility index (Phi) is 4.30. The Balaban J connectivity index is 1.76. The molecule has 128 valence electrons. The molecule has 0 saturated heterocycles. The molecule has 5 N–H and O–H groups in total. The van der Waals surface area contributed by atoms with E-state index in [4.69, 9.17) is 5.14 Å². The molecule has 0 bridgehead atoms. The van der Waals surface area contributed by atoms with Crippen LogP contribution in [0.2, 0.25) is 0 Å². The van der Waals surface area contributed by atoms with Crippen LogP contribution in [0.15, 0.2) is 65.6 Å². The summed E-state index contributed by atoms with van der Waals surface area (Å²) in [4.78, 5) is 12.0. The number of aromatic hydroxyl groups is 1. The normalized spacial score (nSPS) is 11.2. The van der Waals surface area contributed by atoms with Crippen molar-refractivity contribution in [2.45, 2.75) is 4.90 Å². The summed E-state index contributed by atoms with van der Waals surface area (Å²) in [5, 5.41) is 21.9. The smallest absolute Gasteiger partial charge is 0.323 e. The van der Waals surface area contributed by atoms with Gasteiger partial charge in [0.05, 0.1) is 10.6 Å². The fourth-order valence-corrected chi connectivity index (χ4v) is 2.88. The van der Waals surface area contributed by atoms with Gasteiger partial charge < -0.3 is 15.7 Å². The maximum absolute atomic E-state index is 12.1. The van der Waals surface area contributed by atoms with Gasteiger partial charge in [-0.2, -0.15) is 0 Å². The highest BCUT2D eigenvalue weighted by molar-refractivity contribution is 7.89. The molecule has 0 aliphatic heterocycles. The van der Waals surface area contributed by atoms with Crippen LogP contribution in [0.1, 0.15) is 0 Å². The molecule has 0 atom stereocenters. The lowest BCUT2D eigenvalue weighted by molar-refractivity contribution is 0.262. The maximum atomic E-state index is 12.1. The molecule has 0 spiro atoms. The summed E-state index contributed by atoms with van der Waals surface area (Å²) in [7, 11) is -3.78. The molecule has 25 heavy (non-hydrogen) atoms. The average molecular weight is 357 g/mol. The van der Waals surface area contributed by atoms with Crippen molar-refractivity contribution in [3.8, 4) is 5.75 Å². The van der Waals surface area contributed by atoms with Crippen molar-refractivity contribution in [1.82, 2.24) is 0 Å². The van der Waals surface area contributed by atoms with Gasteiger partial charge in [-0.1, -0.05) is 30.3 Å². The number of benzene rings is 3. The lowest BCUT2D eigenvalue weighted by atomic mass is 10.1. The van der Waals surface area contributed by atoms with Gasteiger partial charge in [0.1, 0.15) is 5.75 Å². The molecule has 3 rings (SSSR count). The van der Waals surface area contributed by atoms with Gasteiger partial charge in [-0.25, -0.2) is 18.4 Å². The molecule has 8 heteroatoms. The summed E-state index contributed by atoms with van der Waals surface area (Å²) in [5.41, 5.74) is 0.641. The van der Waals surface area contributed by atoms with E-state index >= 15 is 0 Å². The molecule has 0 aromatic heterocycles. The summed E-state index contributed by atoms with van der Waals surface area (Å²) >= 11 is 0. The van der Waals surface area contributed by atoms with Crippen LogP contribution < -0.4 is 15.8 Å². The van der Waals surface area contributed by atoms with E-state index in [2.05, 4.69) is 10.6 Å². The number of hydrogen-bond acceptors (Lipinski definition) is 4. The molecule has 7 nitrogen and oxygen atoms in total. The van der Waals surface area contributed by atoms with E-state index in [0.29, 0.717) is 11.1 Å². The number of hydrogen-bond donors (Lipinski definition) is 4. The number of rotatable bonds is 3. The Labute approximate surface area is 144 Å². The van der Waals surface area contributed by atoms with E-state index in [1.54, 1.807) is 24.3 Å². The van der Waals surface area contributed by atoms with Gasteiger partial charge in [-0.3, -0.25) is 0 Å². The fourth-order valence-electron chi connectivity index (χ4n) is 2.37. The van der Waals surface area contributed by atoms with Crippen molar-refractivity contribution in [2.75, 3.05) is 10.6 Å². The number of nitrogens with one attached hydrogen (secondary N) is 2. The first kappa shape index (κ1) is 16.7. The third kappa shape index (κ3) is 3.70. The predicted molar refractivity (Wildman–Crippen MR) is 96.1 cm³/mol. The first-order chi connectivity index (χ1) is 11.8. The lowest BCUT2D eigenvalue weighted by Crippen LogP contribution is -2.19. The quantitative estimate of drug-likeness (QED) is 0.538. The lowest BCUT2D eigenvalue weighted by Gasteiger charge is -2.11. The number of sulfonamides is 1. The van der Waals surface area contributed by atoms with Crippen LogP contribution in [0.5, 0.6) is 5.75 Å². The van der Waals surface area contributed by atoms with Gasteiger partial charge >= 0.3 is 6.03 Å². The Morgan fingerprint density at radius 3 is 2.28 bits per heavy atom. The number of phenols is 1. The average Bonchev–Trinajstić information content (AvgIpc) is 2.57. The highest BCUT2D eigenvalue weighted by Gasteiger charge is 2.11. The molecular weight excluding hydrogens is 342 g/mol. The van der Waals surface area contributed by atoms with Crippen LogP contribution in [0.25, 0.3) is 10.8 Å². The molecule has 3 aromatic carbocycles. The number of fused-ring (bicyclic) bond motifs is 1. The molecular formula is C17H15N3O4S. The zero-order chi connectivity index (χ0) is 18.0. The van der Waals surface area contributed by atoms with Crippen molar-refractivity contribution in [1.29, 1.82) is 0 Å². The molecule has 0 aliphatic rings. The number of phenolic OH excluding ortho intramolecular Hbond substituents is 1. The predicted octanol–water partition coefficient (Wildman–Crippen LogP) is 2.84. The summed E-state index contributed by atoms with van der Waals surface area (Å²) in [5.74, 6) is -0.0298. The van der Waals surface area contributed by atoms with Crippen LogP contribution in [-0.4, -0.2) is 19.6 Å². The molecule has 0 heterocycles. The fraction of sp³-hybridized carbons (Fsp3) is 0. The Morgan fingerprint density at radius 2 is 1.60 bits per heavy atom. The van der Waals surface area contributed by atoms with Crippen molar-refractivity contribution < 1.29 is 18.3 Å². The number of urea groups is 1. The highest BCUT2D eigenvalue weighted by atomic mass is 32.2. The molecule has 0 unspecified atom stereocenters. The minimum atomic E-state index is -3.78. The molecule has 0 radical (unpaired) electrons. The molecule has 2 amide bonds. The van der Waals surface area contributed by atoms with Crippen molar-refractivity contribution in [3.63, 3.8) is 0 Å². The topological polar surface area (TPSA) is 122 Å². The van der Waals surface area contributed by atoms with Gasteiger partial charge in [-0.05, 0) is 35.7 Å². The SMILES string of the molecule is NS(=O)(=O)c1ccc(NC(=O)Nc2ccc3ccccc3c2O)cc1. The maximum Gasteiger partial charge on any atom is 0.323 e. The van der Waals surface area contributed by atoms with Crippen LogP contribution in [0, 0.1) is 0 Å². The largest absolute Gasteiger partial charge is 0.505 e. The number of primary sulfonamides is 1. The second kappa shape index (κ2) is 6.42. The summed E-state index contributed by atoms with van der Waals surface area (Å²) < 4.78 is 22.4. The monoisotopic (exact) mass is 357 g/mol. The van der Waals surface area contributed by atoms with Gasteiger partial charge in [0.15, 0.2) is 0 Å². The molecule has 0 saturated carbocycles. The van der Waals surface area contributed by atoms with E-state index in [1.807, 2.05) is 12.1 Å². The third-order valence-corrected chi connectivity index (χ3v) is 4.52. The van der Waals surface area contributed by atoms with Gasteiger partial charge in [0, 0.05) is 11.1 Å². The van der Waals surface area contributed by atoms with Crippen LogP contribution in [0.4, 0.5) is 16.2 Å². The first-order valence-corrected chi connectivity index (χ1v) is 8.81. The van der Waals surface area contributed by atoms with Gasteiger partial charge in [0.25, 0.3) is 0 Å².